The molecule has 1 aliphatic rings. The Morgan fingerprint density at radius 3 is 2.79 bits per heavy atom. The standard InChI is InChI=1S/C18H20F3N3O3S/c19-18(20,21)12-2-1-3-15(10-12)27-14-4-7-24(8-5-14)17(26)23-16-22-13(6-9-25)11-28-16/h1-3,10-11,14,25H,4-9H2,(H,22,23,26). The number of hydrogen-bond donors (Lipinski definition) is 2. The maximum Gasteiger partial charge on any atom is 0.416 e. The summed E-state index contributed by atoms with van der Waals surface area (Å²) in [7, 11) is 0. The number of urea groups is 1. The second kappa shape index (κ2) is 8.78. The van der Waals surface area contributed by atoms with Gasteiger partial charge in [-0.25, -0.2) is 9.78 Å². The number of piperidine rings is 1. The van der Waals surface area contributed by atoms with E-state index in [1.54, 1.807) is 10.3 Å². The minimum Gasteiger partial charge on any atom is -0.490 e. The van der Waals surface area contributed by atoms with E-state index < -0.39 is 11.7 Å². The lowest BCUT2D eigenvalue weighted by Gasteiger charge is -2.32. The summed E-state index contributed by atoms with van der Waals surface area (Å²) in [6, 6.07) is 4.54. The van der Waals surface area contributed by atoms with Gasteiger partial charge in [0.05, 0.1) is 11.3 Å². The van der Waals surface area contributed by atoms with Crippen LogP contribution < -0.4 is 10.1 Å². The molecule has 1 aromatic carbocycles. The summed E-state index contributed by atoms with van der Waals surface area (Å²) >= 11 is 1.29. The number of rotatable bonds is 5. The van der Waals surface area contributed by atoms with Gasteiger partial charge in [0.15, 0.2) is 5.13 Å². The van der Waals surface area contributed by atoms with Crippen LogP contribution in [-0.2, 0) is 12.6 Å². The number of likely N-dealkylation sites (tertiary alicyclic amines) is 1. The van der Waals surface area contributed by atoms with Crippen molar-refractivity contribution < 1.29 is 27.8 Å². The van der Waals surface area contributed by atoms with Crippen molar-refractivity contribution in [1.29, 1.82) is 0 Å². The largest absolute Gasteiger partial charge is 0.490 e. The van der Waals surface area contributed by atoms with Crippen LogP contribution in [0.5, 0.6) is 5.75 Å². The molecule has 0 bridgehead atoms. The van der Waals surface area contributed by atoms with Gasteiger partial charge in [0.25, 0.3) is 0 Å². The number of aromatic nitrogens is 1. The van der Waals surface area contributed by atoms with Crippen molar-refractivity contribution in [3.8, 4) is 5.75 Å². The third-order valence-corrected chi connectivity index (χ3v) is 5.13. The molecule has 2 amide bonds. The Morgan fingerprint density at radius 1 is 1.36 bits per heavy atom. The number of ether oxygens (including phenoxy) is 1. The van der Waals surface area contributed by atoms with Crippen LogP contribution in [0.4, 0.5) is 23.1 Å². The van der Waals surface area contributed by atoms with E-state index in [2.05, 4.69) is 10.3 Å². The van der Waals surface area contributed by atoms with Gasteiger partial charge in [-0.3, -0.25) is 5.32 Å². The van der Waals surface area contributed by atoms with Gasteiger partial charge in [-0.1, -0.05) is 6.07 Å². The first-order valence-corrected chi connectivity index (χ1v) is 9.68. The van der Waals surface area contributed by atoms with E-state index in [1.807, 2.05) is 0 Å². The van der Waals surface area contributed by atoms with Gasteiger partial charge in [-0.15, -0.1) is 11.3 Å². The van der Waals surface area contributed by atoms with Crippen molar-refractivity contribution in [1.82, 2.24) is 9.88 Å². The van der Waals surface area contributed by atoms with Crippen LogP contribution in [0.1, 0.15) is 24.1 Å². The smallest absolute Gasteiger partial charge is 0.416 e. The van der Waals surface area contributed by atoms with E-state index in [0.29, 0.717) is 37.5 Å². The van der Waals surface area contributed by atoms with E-state index in [0.717, 1.165) is 17.8 Å². The Labute approximate surface area is 164 Å². The highest BCUT2D eigenvalue weighted by Gasteiger charge is 2.31. The van der Waals surface area contributed by atoms with Crippen molar-refractivity contribution in [3.05, 3.63) is 40.9 Å². The molecule has 0 aliphatic carbocycles. The second-order valence-corrected chi connectivity index (χ2v) is 7.24. The van der Waals surface area contributed by atoms with Crippen LogP contribution in [0.15, 0.2) is 29.6 Å². The number of aliphatic hydroxyl groups is 1. The fourth-order valence-corrected chi connectivity index (χ4v) is 3.61. The van der Waals surface area contributed by atoms with Gasteiger partial charge in [0.1, 0.15) is 11.9 Å². The number of nitrogens with one attached hydrogen (secondary N) is 1. The summed E-state index contributed by atoms with van der Waals surface area (Å²) in [6.45, 7) is 0.866. The van der Waals surface area contributed by atoms with Crippen molar-refractivity contribution in [3.63, 3.8) is 0 Å². The molecule has 0 saturated carbocycles. The monoisotopic (exact) mass is 415 g/mol. The zero-order chi connectivity index (χ0) is 20.1. The molecule has 0 unspecified atom stereocenters. The third-order valence-electron chi connectivity index (χ3n) is 4.33. The van der Waals surface area contributed by atoms with Gasteiger partial charge in [0, 0.05) is 44.3 Å². The van der Waals surface area contributed by atoms with E-state index >= 15 is 0 Å². The number of nitrogens with zero attached hydrogens (tertiary/aromatic N) is 2. The van der Waals surface area contributed by atoms with Crippen molar-refractivity contribution in [2.45, 2.75) is 31.5 Å². The fraction of sp³-hybridized carbons (Fsp3) is 0.444. The molecule has 6 nitrogen and oxygen atoms in total. The summed E-state index contributed by atoms with van der Waals surface area (Å²) in [5, 5.41) is 13.9. The second-order valence-electron chi connectivity index (χ2n) is 6.38. The molecular formula is C18H20F3N3O3S. The molecule has 0 atom stereocenters. The zero-order valence-corrected chi connectivity index (χ0v) is 15.7. The average molecular weight is 415 g/mol. The first kappa shape index (κ1) is 20.4. The van der Waals surface area contributed by atoms with E-state index in [4.69, 9.17) is 9.84 Å². The maximum absolute atomic E-state index is 12.8. The molecule has 1 aromatic heterocycles. The highest BCUT2D eigenvalue weighted by atomic mass is 32.1. The molecule has 3 rings (SSSR count). The van der Waals surface area contributed by atoms with Gasteiger partial charge in [-0.05, 0) is 18.2 Å². The van der Waals surface area contributed by atoms with Crippen LogP contribution >= 0.6 is 11.3 Å². The zero-order valence-electron chi connectivity index (χ0n) is 14.9. The summed E-state index contributed by atoms with van der Waals surface area (Å²) in [4.78, 5) is 18.2. The highest BCUT2D eigenvalue weighted by molar-refractivity contribution is 7.13. The predicted octanol–water partition coefficient (Wildman–Crippen LogP) is 3.77. The molecule has 28 heavy (non-hydrogen) atoms. The van der Waals surface area contributed by atoms with Crippen LogP contribution in [0.25, 0.3) is 0 Å². The number of thiazole rings is 1. The maximum atomic E-state index is 12.8. The molecule has 10 heteroatoms. The molecule has 152 valence electrons. The fourth-order valence-electron chi connectivity index (χ4n) is 2.88. The number of carbonyl (C=O) groups excluding carboxylic acids is 1. The Morgan fingerprint density at radius 2 is 2.11 bits per heavy atom. The molecule has 2 aromatic rings. The van der Waals surface area contributed by atoms with Crippen LogP contribution in [0, 0.1) is 0 Å². The minimum atomic E-state index is -4.41. The van der Waals surface area contributed by atoms with Crippen molar-refractivity contribution >= 4 is 22.5 Å². The summed E-state index contributed by atoms with van der Waals surface area (Å²) in [5.74, 6) is 0.178. The Hall–Kier alpha value is -2.33. The molecule has 1 fully saturated rings. The predicted molar refractivity (Wildman–Crippen MR) is 98.6 cm³/mol. The van der Waals surface area contributed by atoms with E-state index in [1.165, 1.54) is 23.5 Å². The van der Waals surface area contributed by atoms with E-state index in [9.17, 15) is 18.0 Å². The summed E-state index contributed by atoms with van der Waals surface area (Å²) in [5.41, 5.74) is -0.0261. The van der Waals surface area contributed by atoms with Gasteiger partial charge < -0.3 is 14.7 Å². The molecule has 2 heterocycles. The van der Waals surface area contributed by atoms with E-state index in [-0.39, 0.29) is 24.5 Å². The van der Waals surface area contributed by atoms with Gasteiger partial charge in [-0.2, -0.15) is 13.2 Å². The third kappa shape index (κ3) is 5.35. The van der Waals surface area contributed by atoms with Crippen LogP contribution in [0.3, 0.4) is 0 Å². The summed E-state index contributed by atoms with van der Waals surface area (Å²) in [6.07, 6.45) is -3.17. The van der Waals surface area contributed by atoms with Gasteiger partial charge >= 0.3 is 12.2 Å². The molecule has 0 spiro atoms. The van der Waals surface area contributed by atoms with Gasteiger partial charge in [0.2, 0.25) is 0 Å². The number of hydrogen-bond acceptors (Lipinski definition) is 5. The Bertz CT molecular complexity index is 805. The Kier molecular flexibility index (Phi) is 6.40. The molecule has 1 aliphatic heterocycles. The molecule has 2 N–H and O–H groups in total. The average Bonchev–Trinajstić information content (AvgIpc) is 3.09. The number of halogens is 3. The number of amides is 2. The van der Waals surface area contributed by atoms with Crippen molar-refractivity contribution in [2.75, 3.05) is 25.0 Å². The topological polar surface area (TPSA) is 74.7 Å². The quantitative estimate of drug-likeness (QED) is 0.780. The lowest BCUT2D eigenvalue weighted by Crippen LogP contribution is -2.43. The first-order chi connectivity index (χ1) is 13.3. The number of alkyl halides is 3. The normalized spacial score (nSPS) is 15.5. The van der Waals surface area contributed by atoms with Crippen LogP contribution in [0.2, 0.25) is 0 Å². The highest BCUT2D eigenvalue weighted by Crippen LogP contribution is 2.32. The van der Waals surface area contributed by atoms with Crippen molar-refractivity contribution in [2.24, 2.45) is 0 Å². The molecule has 0 radical (unpaired) electrons. The number of aliphatic hydroxyl groups excluding tert-OH is 1. The summed E-state index contributed by atoms with van der Waals surface area (Å²) < 4.78 is 44.0. The molecule has 1 saturated heterocycles. The lowest BCUT2D eigenvalue weighted by molar-refractivity contribution is -0.137. The Balaban J connectivity index is 1.49. The number of benzene rings is 1. The number of anilines is 1. The number of carbonyl (C=O) groups is 1. The minimum absolute atomic E-state index is 0.00346. The molecular weight excluding hydrogens is 395 g/mol. The first-order valence-electron chi connectivity index (χ1n) is 8.80. The SMILES string of the molecule is O=C(Nc1nc(CCO)cs1)N1CCC(Oc2cccc(C(F)(F)F)c2)CC1. The van der Waals surface area contributed by atoms with Crippen LogP contribution in [-0.4, -0.2) is 46.8 Å². The lowest BCUT2D eigenvalue weighted by atomic mass is 10.1.